The van der Waals surface area contributed by atoms with Crippen molar-refractivity contribution in [3.63, 3.8) is 0 Å². The zero-order valence-electron chi connectivity index (χ0n) is 25.8. The summed E-state index contributed by atoms with van der Waals surface area (Å²) >= 11 is 0. The molecule has 4 rings (SSSR count). The Bertz CT molecular complexity index is 899. The van der Waals surface area contributed by atoms with E-state index >= 15 is 17.9 Å². The maximum absolute atomic E-state index is 15.3. The zero-order valence-corrected chi connectivity index (χ0v) is 30.0. The van der Waals surface area contributed by atoms with Crippen molar-refractivity contribution in [3.8, 4) is 0 Å². The van der Waals surface area contributed by atoms with Crippen LogP contribution in [0.3, 0.4) is 0 Å². The number of halogens is 8. The minimum Gasteiger partial charge on any atom is -0.384 e. The molecule has 0 aromatic heterocycles. The first-order chi connectivity index (χ1) is 20.5. The van der Waals surface area contributed by atoms with E-state index in [1.165, 1.54) is 0 Å². The molecule has 0 spiro atoms. The molecule has 0 amide bonds. The van der Waals surface area contributed by atoms with Crippen molar-refractivity contribution < 1.29 is 104 Å². The molecule has 267 valence electrons. The summed E-state index contributed by atoms with van der Waals surface area (Å²) in [5, 5.41) is 16.3. The molecule has 4 saturated carbocycles. The second-order valence-corrected chi connectivity index (χ2v) is 20.9. The molecule has 0 heterocycles. The van der Waals surface area contributed by atoms with Crippen LogP contribution in [0.15, 0.2) is 0 Å². The predicted octanol–water partition coefficient (Wildman–Crippen LogP) is 10.1. The smallest absolute Gasteiger partial charge is 0.384 e. The van der Waals surface area contributed by atoms with E-state index in [9.17, 15) is 26.3 Å². The summed E-state index contributed by atoms with van der Waals surface area (Å²) in [5.41, 5.74) is -0.770. The van der Waals surface area contributed by atoms with Crippen LogP contribution in [-0.2, 0) is 9.13 Å². The Labute approximate surface area is 303 Å². The van der Waals surface area contributed by atoms with Crippen LogP contribution in [0.2, 0.25) is 0 Å². The van der Waals surface area contributed by atoms with Crippen molar-refractivity contribution in [2.75, 3.05) is 5.90 Å². The van der Waals surface area contributed by atoms with Gasteiger partial charge < -0.3 is 19.3 Å². The van der Waals surface area contributed by atoms with Gasteiger partial charge in [0.25, 0.3) is 0 Å². The molecule has 1 radical (unpaired) electrons. The zero-order chi connectivity index (χ0) is 32.8. The summed E-state index contributed by atoms with van der Waals surface area (Å²) in [7, 11) is -6.02. The van der Waals surface area contributed by atoms with Gasteiger partial charge >= 0.3 is 12.4 Å². The molecule has 4 aliphatic carbocycles. The van der Waals surface area contributed by atoms with Gasteiger partial charge in [-0.25, -0.2) is 8.78 Å². The van der Waals surface area contributed by atoms with Crippen molar-refractivity contribution >= 4 is 14.3 Å². The van der Waals surface area contributed by atoms with E-state index in [2.05, 4.69) is 0 Å². The van der Waals surface area contributed by atoms with Crippen LogP contribution < -0.4 is 0 Å². The molecule has 45 heavy (non-hydrogen) atoms. The van der Waals surface area contributed by atoms with Crippen LogP contribution in [0, 0.1) is 49.4 Å². The minimum atomic E-state index is -5.15. The van der Waals surface area contributed by atoms with Crippen LogP contribution in [0.1, 0.15) is 122 Å². The Morgan fingerprint density at radius 1 is 0.533 bits per heavy atom. The second-order valence-electron chi connectivity index (χ2n) is 13.5. The number of hydrogen-bond donors (Lipinski definition) is 2. The van der Waals surface area contributed by atoms with E-state index in [4.69, 9.17) is 10.2 Å². The third-order valence-corrected chi connectivity index (χ3v) is 20.9. The van der Waals surface area contributed by atoms with Crippen LogP contribution in [-0.4, -0.2) is 75.7 Å². The maximum atomic E-state index is 15.3. The summed E-state index contributed by atoms with van der Waals surface area (Å²) in [6.45, 7) is 0. The summed E-state index contributed by atoms with van der Waals surface area (Å²) in [5.74, 6) is 0.200. The first-order valence-electron chi connectivity index (χ1n) is 16.4. The quantitative estimate of drug-likeness (QED) is 0.189. The van der Waals surface area contributed by atoms with Gasteiger partial charge in [-0.3, -0.25) is 0 Å². The molecule has 4 nitrogen and oxygen atoms in total. The normalized spacial score (nSPS) is 31.7. The van der Waals surface area contributed by atoms with Gasteiger partial charge in [-0.05, 0) is 51.4 Å². The molecular formula is C30H50EuF8O4P2. The van der Waals surface area contributed by atoms with Crippen LogP contribution in [0.5, 0.6) is 0 Å². The molecule has 2 N–H and O–H groups in total. The summed E-state index contributed by atoms with van der Waals surface area (Å²) < 4.78 is 129. The van der Waals surface area contributed by atoms with Crippen molar-refractivity contribution in [1.82, 2.24) is 0 Å². The van der Waals surface area contributed by atoms with Crippen molar-refractivity contribution in [2.45, 2.75) is 182 Å². The topological polar surface area (TPSA) is 74.6 Å². The van der Waals surface area contributed by atoms with Gasteiger partial charge in [-0.15, -0.1) is 0 Å². The molecule has 0 bridgehead atoms. The summed E-state index contributed by atoms with van der Waals surface area (Å²) in [6, 6.07) is 0. The first-order valence-corrected chi connectivity index (χ1v) is 20.5. The molecule has 8 unspecified atom stereocenters. The van der Waals surface area contributed by atoms with E-state index in [-0.39, 0.29) is 66.6 Å². The SMILES string of the molecule is O=P(CP(=O)(C1CCCCC1)C1CCCCC1F)(C1CCCCC1)C1CCCCC1F.OC(CC(O)C(F)(F)F)C(F)(F)F.[Eu]. The molecule has 4 aliphatic rings. The van der Waals surface area contributed by atoms with Crippen LogP contribution in [0.25, 0.3) is 0 Å². The molecular weight excluding hydrogens is 790 g/mol. The van der Waals surface area contributed by atoms with Gasteiger partial charge in [0.05, 0.1) is 5.90 Å². The second kappa shape index (κ2) is 18.6. The fourth-order valence-corrected chi connectivity index (χ4v) is 20.4. The minimum absolute atomic E-state index is 0. The Hall–Kier alpha value is 1.40. The number of rotatable bonds is 8. The fourth-order valence-electron chi connectivity index (χ4n) is 7.96. The van der Waals surface area contributed by atoms with E-state index in [0.29, 0.717) is 25.7 Å². The Morgan fingerprint density at radius 3 is 1.11 bits per heavy atom. The average Bonchev–Trinajstić information content (AvgIpc) is 2.97. The van der Waals surface area contributed by atoms with Crippen LogP contribution >= 0.6 is 14.3 Å². The van der Waals surface area contributed by atoms with Crippen LogP contribution in [0.4, 0.5) is 35.1 Å². The molecule has 0 aromatic carbocycles. The number of alkyl halides is 8. The third kappa shape index (κ3) is 11.7. The van der Waals surface area contributed by atoms with E-state index in [1.54, 1.807) is 0 Å². The average molecular weight is 841 g/mol. The summed E-state index contributed by atoms with van der Waals surface area (Å²) in [4.78, 5) is 0. The third-order valence-electron chi connectivity index (χ3n) is 10.4. The van der Waals surface area contributed by atoms with Gasteiger partial charge in [-0.1, -0.05) is 64.2 Å². The monoisotopic (exact) mass is 841 g/mol. The van der Waals surface area contributed by atoms with E-state index in [1.807, 2.05) is 0 Å². The molecule has 0 aliphatic heterocycles. The van der Waals surface area contributed by atoms with Crippen molar-refractivity contribution in [3.05, 3.63) is 0 Å². The fraction of sp³-hybridized carbons (Fsp3) is 1.00. The molecule has 15 heteroatoms. The van der Waals surface area contributed by atoms with Gasteiger partial charge in [0.1, 0.15) is 26.6 Å². The predicted molar refractivity (Wildman–Crippen MR) is 157 cm³/mol. The molecule has 8 atom stereocenters. The first kappa shape index (κ1) is 42.6. The number of hydrogen-bond acceptors (Lipinski definition) is 4. The Morgan fingerprint density at radius 2 is 0.822 bits per heavy atom. The molecule has 0 aromatic rings. The Kier molecular flexibility index (Phi) is 17.6. The molecule has 4 fully saturated rings. The van der Waals surface area contributed by atoms with Crippen molar-refractivity contribution in [1.29, 1.82) is 0 Å². The standard InChI is InChI=1S/C25H44F2O2P2.C5H6F6O2.Eu/c26-22-15-7-9-17-24(22)30(28,20-11-3-1-4-12-20)19-31(29,21-13-5-2-6-14-21)25-18-10-8-16-23(25)27;6-4(7,8)2(12)1-3(13)5(9,10)11;/h20-25H,1-19H2;2-3,12-13H,1H2;. The number of aliphatic hydroxyl groups is 2. The van der Waals surface area contributed by atoms with Gasteiger partial charge in [0.15, 0.2) is 12.2 Å². The summed E-state index contributed by atoms with van der Waals surface area (Å²) in [6.07, 6.45) is -4.32. The van der Waals surface area contributed by atoms with Gasteiger partial charge in [0.2, 0.25) is 0 Å². The number of aliphatic hydroxyl groups excluding tert-OH is 2. The Balaban J connectivity index is 0.000000430. The van der Waals surface area contributed by atoms with E-state index < -0.39 is 68.9 Å². The van der Waals surface area contributed by atoms with Gasteiger partial charge in [0, 0.05) is 78.4 Å². The van der Waals surface area contributed by atoms with Crippen molar-refractivity contribution in [2.24, 2.45) is 0 Å². The van der Waals surface area contributed by atoms with E-state index in [0.717, 1.165) is 89.9 Å². The van der Waals surface area contributed by atoms with Gasteiger partial charge in [-0.2, -0.15) is 26.3 Å². The maximum Gasteiger partial charge on any atom is 0.414 e. The largest absolute Gasteiger partial charge is 0.414 e. The molecule has 0 saturated heterocycles.